The number of nitrogens with two attached hydrogens (primary N) is 1. The molecule has 6 heteroatoms. The summed E-state index contributed by atoms with van der Waals surface area (Å²) in [7, 11) is 3.21. The normalized spacial score (nSPS) is 28.4. The second kappa shape index (κ2) is 4.68. The number of methoxy groups -OCH3 is 1. The third-order valence-electron chi connectivity index (χ3n) is 3.27. The largest absolute Gasteiger partial charge is 0.385 e. The number of nitrogens with zero attached hydrogens (tertiary/aromatic N) is 1. The highest BCUT2D eigenvalue weighted by Crippen LogP contribution is 2.40. The van der Waals surface area contributed by atoms with Crippen molar-refractivity contribution in [3.8, 4) is 0 Å². The summed E-state index contributed by atoms with van der Waals surface area (Å²) in [5.41, 5.74) is 5.38. The molecular weight excluding hydrogens is 316 g/mol. The van der Waals surface area contributed by atoms with E-state index in [0.717, 1.165) is 9.35 Å². The van der Waals surface area contributed by atoms with Crippen LogP contribution in [-0.2, 0) is 14.9 Å². The van der Waals surface area contributed by atoms with Crippen LogP contribution in [0.2, 0.25) is 0 Å². The Balaban J connectivity index is 2.55. The Bertz CT molecular complexity index is 514. The Morgan fingerprint density at radius 1 is 1.61 bits per heavy atom. The molecule has 0 aliphatic carbocycles. The molecular formula is C12H15BrN2O2S. The Hall–Kier alpha value is -0.850. The van der Waals surface area contributed by atoms with Crippen LogP contribution in [0.5, 0.6) is 0 Å². The van der Waals surface area contributed by atoms with Gasteiger partial charge < -0.3 is 10.5 Å². The van der Waals surface area contributed by atoms with Crippen molar-refractivity contribution in [2.75, 3.05) is 14.2 Å². The molecule has 4 nitrogen and oxygen atoms in total. The maximum atomic E-state index is 12.2. The van der Waals surface area contributed by atoms with Gasteiger partial charge in [-0.05, 0) is 35.0 Å². The minimum absolute atomic E-state index is 0.121. The molecule has 0 saturated carbocycles. The number of halogens is 1. The fraction of sp³-hybridized carbons (Fsp3) is 0.417. The summed E-state index contributed by atoms with van der Waals surface area (Å²) in [6.45, 7) is 1.97. The van der Waals surface area contributed by atoms with Crippen LogP contribution in [-0.4, -0.2) is 31.1 Å². The van der Waals surface area contributed by atoms with E-state index in [1.54, 1.807) is 25.5 Å². The molecule has 1 unspecified atom stereocenters. The molecule has 1 aliphatic heterocycles. The van der Waals surface area contributed by atoms with Gasteiger partial charge in [-0.25, -0.2) is 0 Å². The highest BCUT2D eigenvalue weighted by Gasteiger charge is 2.45. The van der Waals surface area contributed by atoms with E-state index >= 15 is 0 Å². The van der Waals surface area contributed by atoms with Gasteiger partial charge in [0, 0.05) is 28.9 Å². The van der Waals surface area contributed by atoms with Gasteiger partial charge in [0.2, 0.25) is 0 Å². The van der Waals surface area contributed by atoms with Gasteiger partial charge in [0.25, 0.3) is 5.91 Å². The van der Waals surface area contributed by atoms with Gasteiger partial charge in [0.05, 0.1) is 5.41 Å². The molecule has 98 valence electrons. The predicted octanol–water partition coefficient (Wildman–Crippen LogP) is 2.06. The zero-order chi connectivity index (χ0) is 13.5. The van der Waals surface area contributed by atoms with Crippen LogP contribution in [0.15, 0.2) is 27.8 Å². The summed E-state index contributed by atoms with van der Waals surface area (Å²) in [6.07, 6.45) is 1.33. The van der Waals surface area contributed by atoms with Gasteiger partial charge in [-0.3, -0.25) is 9.69 Å². The fourth-order valence-electron chi connectivity index (χ4n) is 2.18. The molecule has 2 N–H and O–H groups in total. The number of amides is 1. The molecule has 18 heavy (non-hydrogen) atoms. The smallest absolute Gasteiger partial charge is 0.258 e. The quantitative estimate of drug-likeness (QED) is 0.902. The first kappa shape index (κ1) is 13.6. The second-order valence-electron chi connectivity index (χ2n) is 4.49. The average molecular weight is 331 g/mol. The van der Waals surface area contributed by atoms with Crippen molar-refractivity contribution in [3.05, 3.63) is 32.7 Å². The van der Waals surface area contributed by atoms with E-state index in [9.17, 15) is 4.79 Å². The van der Waals surface area contributed by atoms with Crippen LogP contribution in [0.1, 0.15) is 11.8 Å². The highest BCUT2D eigenvalue weighted by molar-refractivity contribution is 9.10. The molecule has 0 spiro atoms. The lowest BCUT2D eigenvalue weighted by Crippen LogP contribution is -2.53. The van der Waals surface area contributed by atoms with Crippen LogP contribution in [0.25, 0.3) is 0 Å². The van der Waals surface area contributed by atoms with E-state index in [1.165, 1.54) is 4.90 Å². The molecule has 1 aromatic heterocycles. The predicted molar refractivity (Wildman–Crippen MR) is 75.2 cm³/mol. The monoisotopic (exact) mass is 330 g/mol. The molecule has 1 amide bonds. The van der Waals surface area contributed by atoms with Crippen molar-refractivity contribution in [1.82, 2.24) is 4.90 Å². The molecule has 1 aliphatic rings. The van der Waals surface area contributed by atoms with Gasteiger partial charge >= 0.3 is 0 Å². The summed E-state index contributed by atoms with van der Waals surface area (Å²) in [4.78, 5) is 14.7. The van der Waals surface area contributed by atoms with Crippen LogP contribution < -0.4 is 5.73 Å². The van der Waals surface area contributed by atoms with E-state index < -0.39 is 11.5 Å². The number of rotatable bonds is 2. The van der Waals surface area contributed by atoms with Gasteiger partial charge in [0.15, 0.2) is 0 Å². The van der Waals surface area contributed by atoms with Crippen LogP contribution >= 0.6 is 27.3 Å². The van der Waals surface area contributed by atoms with Crippen molar-refractivity contribution >= 4 is 33.2 Å². The third-order valence-corrected chi connectivity index (χ3v) is 5.21. The lowest BCUT2D eigenvalue weighted by atomic mass is 9.79. The third kappa shape index (κ3) is 1.98. The van der Waals surface area contributed by atoms with E-state index in [1.807, 2.05) is 24.4 Å². The molecule has 1 aromatic rings. The van der Waals surface area contributed by atoms with Crippen LogP contribution in [0, 0.1) is 0 Å². The molecule has 0 bridgehead atoms. The maximum Gasteiger partial charge on any atom is 0.258 e. The molecule has 0 fully saturated rings. The number of hydrogen-bond acceptors (Lipinski definition) is 4. The average Bonchev–Trinajstić information content (AvgIpc) is 2.74. The Labute approximate surface area is 119 Å². The van der Waals surface area contributed by atoms with Crippen molar-refractivity contribution in [2.24, 2.45) is 5.73 Å². The van der Waals surface area contributed by atoms with E-state index in [4.69, 9.17) is 10.5 Å². The molecule has 2 heterocycles. The Morgan fingerprint density at radius 3 is 2.78 bits per heavy atom. The first-order chi connectivity index (χ1) is 8.40. The Morgan fingerprint density at radius 2 is 2.28 bits per heavy atom. The lowest BCUT2D eigenvalue weighted by Gasteiger charge is -2.39. The highest BCUT2D eigenvalue weighted by atomic mass is 79.9. The summed E-state index contributed by atoms with van der Waals surface area (Å²) < 4.78 is 6.40. The van der Waals surface area contributed by atoms with Crippen molar-refractivity contribution in [2.45, 2.75) is 18.4 Å². The molecule has 2 atom stereocenters. The maximum absolute atomic E-state index is 12.2. The summed E-state index contributed by atoms with van der Waals surface area (Å²) in [5, 5.41) is 1.99. The van der Waals surface area contributed by atoms with Crippen LogP contribution in [0.3, 0.4) is 0 Å². The number of carbonyl (C=O) groups excluding carboxylic acids is 1. The van der Waals surface area contributed by atoms with Crippen molar-refractivity contribution < 1.29 is 9.53 Å². The topological polar surface area (TPSA) is 55.6 Å². The SMILES string of the molecule is COC1C(=O)N(C)C(N)=C[C@]1(C)c1cc(Br)cs1. The van der Waals surface area contributed by atoms with E-state index in [-0.39, 0.29) is 5.91 Å². The first-order valence-corrected chi connectivity index (χ1v) is 7.10. The van der Waals surface area contributed by atoms with Gasteiger partial charge in [-0.15, -0.1) is 11.3 Å². The number of ether oxygens (including phenoxy) is 1. The number of thiophene rings is 1. The molecule has 0 aromatic carbocycles. The Kier molecular flexibility index (Phi) is 3.53. The van der Waals surface area contributed by atoms with Gasteiger partial charge in [-0.1, -0.05) is 0 Å². The second-order valence-corrected chi connectivity index (χ2v) is 6.32. The minimum atomic E-state index is -0.555. The number of hydrogen-bond donors (Lipinski definition) is 1. The zero-order valence-electron chi connectivity index (χ0n) is 10.4. The summed E-state index contributed by atoms with van der Waals surface area (Å²) in [5.74, 6) is 0.338. The van der Waals surface area contributed by atoms with Gasteiger partial charge in [-0.2, -0.15) is 0 Å². The molecule has 0 saturated heterocycles. The van der Waals surface area contributed by atoms with Crippen LogP contribution in [0.4, 0.5) is 0 Å². The minimum Gasteiger partial charge on any atom is -0.385 e. The first-order valence-electron chi connectivity index (χ1n) is 5.43. The zero-order valence-corrected chi connectivity index (χ0v) is 12.8. The van der Waals surface area contributed by atoms with Gasteiger partial charge in [0.1, 0.15) is 11.9 Å². The van der Waals surface area contributed by atoms with E-state index in [0.29, 0.717) is 5.82 Å². The lowest BCUT2D eigenvalue weighted by molar-refractivity contribution is -0.143. The number of likely N-dealkylation sites (N-methyl/N-ethyl adjacent to an activating group) is 1. The molecule has 2 rings (SSSR count). The fourth-order valence-corrected chi connectivity index (χ4v) is 3.76. The van der Waals surface area contributed by atoms with Crippen molar-refractivity contribution in [3.63, 3.8) is 0 Å². The summed E-state index contributed by atoms with van der Waals surface area (Å²) >= 11 is 5.01. The molecule has 0 radical (unpaired) electrons. The van der Waals surface area contributed by atoms with Crippen molar-refractivity contribution in [1.29, 1.82) is 0 Å². The standard InChI is InChI=1S/C12H15BrN2O2S/c1-12(8-4-7(13)6-18-8)5-9(14)15(2)11(16)10(12)17-3/h4-6,10H,14H2,1-3H3/t10?,12-/m1/s1. The number of carbonyl (C=O) groups is 1. The van der Waals surface area contributed by atoms with E-state index in [2.05, 4.69) is 15.9 Å². The summed E-state index contributed by atoms with van der Waals surface area (Å²) in [6, 6.07) is 2.00.